The molecule has 0 saturated heterocycles. The smallest absolute Gasteiger partial charge is 0.338 e. The van der Waals surface area contributed by atoms with Gasteiger partial charge in [-0.15, -0.1) is 0 Å². The van der Waals surface area contributed by atoms with Crippen molar-refractivity contribution < 1.29 is 17.9 Å². The molecule has 130 valence electrons. The summed E-state index contributed by atoms with van der Waals surface area (Å²) in [6.07, 6.45) is 3.40. The van der Waals surface area contributed by atoms with Gasteiger partial charge in [-0.1, -0.05) is 13.0 Å². The van der Waals surface area contributed by atoms with Crippen LogP contribution in [0.1, 0.15) is 29.8 Å². The number of nitrogens with zero attached hydrogens (tertiary/aromatic N) is 3. The molecule has 0 atom stereocenters. The van der Waals surface area contributed by atoms with Crippen molar-refractivity contribution >= 4 is 16.0 Å². The van der Waals surface area contributed by atoms with Gasteiger partial charge in [0, 0.05) is 31.9 Å². The lowest BCUT2D eigenvalue weighted by molar-refractivity contribution is 0.0526. The van der Waals surface area contributed by atoms with Gasteiger partial charge in [-0.25, -0.2) is 13.2 Å². The number of carbonyl (C=O) groups is 1. The Morgan fingerprint density at radius 1 is 1.33 bits per heavy atom. The number of benzene rings is 1. The number of esters is 1. The van der Waals surface area contributed by atoms with E-state index in [0.29, 0.717) is 6.54 Å². The van der Waals surface area contributed by atoms with Crippen LogP contribution in [0.4, 0.5) is 0 Å². The number of hydrogen-bond acceptors (Lipinski definition) is 5. The molecule has 2 rings (SSSR count). The Labute approximate surface area is 141 Å². The highest BCUT2D eigenvalue weighted by molar-refractivity contribution is 7.89. The highest BCUT2D eigenvalue weighted by Crippen LogP contribution is 2.19. The van der Waals surface area contributed by atoms with Crippen LogP contribution in [-0.2, 0) is 28.4 Å². The zero-order valence-electron chi connectivity index (χ0n) is 14.0. The molecule has 7 nitrogen and oxygen atoms in total. The van der Waals surface area contributed by atoms with Crippen molar-refractivity contribution in [2.45, 2.75) is 25.3 Å². The minimum atomic E-state index is -3.72. The molecule has 0 saturated carbocycles. The van der Waals surface area contributed by atoms with E-state index < -0.39 is 16.0 Å². The maximum Gasteiger partial charge on any atom is 0.338 e. The van der Waals surface area contributed by atoms with Crippen LogP contribution in [0.3, 0.4) is 0 Å². The summed E-state index contributed by atoms with van der Waals surface area (Å²) in [6.45, 7) is 4.23. The van der Waals surface area contributed by atoms with Gasteiger partial charge in [0.25, 0.3) is 0 Å². The zero-order chi connectivity index (χ0) is 17.7. The van der Waals surface area contributed by atoms with Crippen LogP contribution in [0, 0.1) is 0 Å². The molecule has 24 heavy (non-hydrogen) atoms. The molecule has 2 aromatic rings. The molecular formula is C16H21N3O4S. The van der Waals surface area contributed by atoms with Crippen molar-refractivity contribution in [1.82, 2.24) is 14.1 Å². The van der Waals surface area contributed by atoms with E-state index in [9.17, 15) is 13.2 Å². The lowest BCUT2D eigenvalue weighted by atomic mass is 10.2. The van der Waals surface area contributed by atoms with E-state index in [-0.39, 0.29) is 23.6 Å². The molecule has 0 spiro atoms. The normalized spacial score (nSPS) is 11.7. The first-order valence-corrected chi connectivity index (χ1v) is 9.07. The summed E-state index contributed by atoms with van der Waals surface area (Å²) in [5.41, 5.74) is 1.01. The predicted molar refractivity (Wildman–Crippen MR) is 88.9 cm³/mol. The average Bonchev–Trinajstić information content (AvgIpc) is 2.98. The van der Waals surface area contributed by atoms with Crippen LogP contribution in [0.15, 0.2) is 41.6 Å². The molecule has 8 heteroatoms. The third-order valence-corrected chi connectivity index (χ3v) is 5.37. The molecule has 0 aliphatic heterocycles. The molecule has 0 bridgehead atoms. The number of sulfonamides is 1. The molecule has 0 aliphatic carbocycles. The second-order valence-corrected chi connectivity index (χ2v) is 7.14. The highest BCUT2D eigenvalue weighted by atomic mass is 32.2. The quantitative estimate of drug-likeness (QED) is 0.711. The molecule has 0 amide bonds. The zero-order valence-corrected chi connectivity index (χ0v) is 14.8. The van der Waals surface area contributed by atoms with Crippen LogP contribution >= 0.6 is 0 Å². The molecule has 0 N–H and O–H groups in total. The van der Waals surface area contributed by atoms with Gasteiger partial charge >= 0.3 is 5.97 Å². The van der Waals surface area contributed by atoms with Crippen molar-refractivity contribution in [1.29, 1.82) is 0 Å². The van der Waals surface area contributed by atoms with Crippen molar-refractivity contribution in [3.63, 3.8) is 0 Å². The molecule has 1 heterocycles. The molecule has 0 radical (unpaired) electrons. The fraction of sp³-hybridized carbons (Fsp3) is 0.375. The van der Waals surface area contributed by atoms with Gasteiger partial charge in [0.1, 0.15) is 0 Å². The maximum absolute atomic E-state index is 12.9. The first-order chi connectivity index (χ1) is 11.4. The van der Waals surface area contributed by atoms with E-state index >= 15 is 0 Å². The predicted octanol–water partition coefficient (Wildman–Crippen LogP) is 1.81. The Hall–Kier alpha value is -2.19. The van der Waals surface area contributed by atoms with Crippen molar-refractivity contribution in [2.24, 2.45) is 7.05 Å². The van der Waals surface area contributed by atoms with Gasteiger partial charge in [-0.3, -0.25) is 4.68 Å². The summed E-state index contributed by atoms with van der Waals surface area (Å²) in [5.74, 6) is -0.537. The highest BCUT2D eigenvalue weighted by Gasteiger charge is 2.24. The standard InChI is InChI=1S/C16H21N3O4S/c1-4-19(12-13-10-17-18(3)11-13)24(21,22)15-8-6-7-14(9-15)16(20)23-5-2/h6-11H,4-5,12H2,1-3H3. The fourth-order valence-corrected chi connectivity index (χ4v) is 3.75. The Morgan fingerprint density at radius 3 is 2.67 bits per heavy atom. The number of rotatable bonds is 7. The summed E-state index contributed by atoms with van der Waals surface area (Å²) in [5, 5.41) is 4.05. The first kappa shape index (κ1) is 18.2. The Bertz CT molecular complexity index is 814. The van der Waals surface area contributed by atoms with E-state index in [4.69, 9.17) is 4.74 Å². The van der Waals surface area contributed by atoms with Gasteiger partial charge in [0.2, 0.25) is 10.0 Å². The third kappa shape index (κ3) is 4.01. The Morgan fingerprint density at radius 2 is 2.08 bits per heavy atom. The number of aryl methyl sites for hydroxylation is 1. The summed E-state index contributed by atoms with van der Waals surface area (Å²) >= 11 is 0. The molecule has 1 aromatic carbocycles. The van der Waals surface area contributed by atoms with Crippen molar-refractivity contribution in [2.75, 3.05) is 13.2 Å². The average molecular weight is 351 g/mol. The number of ether oxygens (including phenoxy) is 1. The minimum absolute atomic E-state index is 0.0683. The van der Waals surface area contributed by atoms with Crippen LogP contribution in [0.2, 0.25) is 0 Å². The van der Waals surface area contributed by atoms with E-state index in [2.05, 4.69) is 5.10 Å². The monoisotopic (exact) mass is 351 g/mol. The second-order valence-electron chi connectivity index (χ2n) is 5.20. The van der Waals surface area contributed by atoms with Gasteiger partial charge in [-0.05, 0) is 25.1 Å². The SMILES string of the molecule is CCOC(=O)c1cccc(S(=O)(=O)N(CC)Cc2cnn(C)c2)c1. The second kappa shape index (κ2) is 7.59. The maximum atomic E-state index is 12.9. The summed E-state index contributed by atoms with van der Waals surface area (Å²) in [4.78, 5) is 11.9. The molecule has 0 unspecified atom stereocenters. The molecule has 1 aromatic heterocycles. The van der Waals surface area contributed by atoms with Gasteiger partial charge in [0.15, 0.2) is 0 Å². The summed E-state index contributed by atoms with van der Waals surface area (Å²) < 4.78 is 33.6. The van der Waals surface area contributed by atoms with E-state index in [1.54, 1.807) is 38.0 Å². The minimum Gasteiger partial charge on any atom is -0.462 e. The first-order valence-electron chi connectivity index (χ1n) is 7.63. The summed E-state index contributed by atoms with van der Waals surface area (Å²) in [7, 11) is -1.95. The molecule has 0 fully saturated rings. The Balaban J connectivity index is 2.30. The van der Waals surface area contributed by atoms with Crippen LogP contribution in [0.5, 0.6) is 0 Å². The van der Waals surface area contributed by atoms with Crippen LogP contribution < -0.4 is 0 Å². The number of carbonyl (C=O) groups excluding carboxylic acids is 1. The lowest BCUT2D eigenvalue weighted by Crippen LogP contribution is -2.30. The summed E-state index contributed by atoms with van der Waals surface area (Å²) in [6, 6.07) is 5.90. The van der Waals surface area contributed by atoms with Gasteiger partial charge in [-0.2, -0.15) is 9.40 Å². The lowest BCUT2D eigenvalue weighted by Gasteiger charge is -2.20. The molecule has 0 aliphatic rings. The third-order valence-electron chi connectivity index (χ3n) is 3.45. The van der Waals surface area contributed by atoms with Crippen molar-refractivity contribution in [3.8, 4) is 0 Å². The van der Waals surface area contributed by atoms with Gasteiger partial charge in [0.05, 0.1) is 23.3 Å². The fourth-order valence-electron chi connectivity index (χ4n) is 2.27. The van der Waals surface area contributed by atoms with Crippen molar-refractivity contribution in [3.05, 3.63) is 47.8 Å². The number of hydrogen-bond donors (Lipinski definition) is 0. The largest absolute Gasteiger partial charge is 0.462 e. The topological polar surface area (TPSA) is 81.5 Å². The Kier molecular flexibility index (Phi) is 5.74. The van der Waals surface area contributed by atoms with Crippen LogP contribution in [0.25, 0.3) is 0 Å². The van der Waals surface area contributed by atoms with Gasteiger partial charge < -0.3 is 4.74 Å². The number of aromatic nitrogens is 2. The van der Waals surface area contributed by atoms with Crippen LogP contribution in [-0.4, -0.2) is 41.6 Å². The molecular weight excluding hydrogens is 330 g/mol. The van der Waals surface area contributed by atoms with E-state index in [0.717, 1.165) is 5.56 Å². The van der Waals surface area contributed by atoms with E-state index in [1.807, 2.05) is 0 Å². The van der Waals surface area contributed by atoms with E-state index in [1.165, 1.54) is 28.6 Å².